The van der Waals surface area contributed by atoms with Crippen LogP contribution in [0.2, 0.25) is 0 Å². The number of hydroxylamine groups is 2. The molecule has 6 nitrogen and oxygen atoms in total. The SMILES string of the molecule is N#CC1(C(=O)ON2C(=O)c3ccccc3C2=O)CC12CCC2. The minimum atomic E-state index is -1.19. The number of hydrogen-bond acceptors (Lipinski definition) is 5. The van der Waals surface area contributed by atoms with E-state index in [2.05, 4.69) is 0 Å². The summed E-state index contributed by atoms with van der Waals surface area (Å²) < 4.78 is 0. The Morgan fingerprint density at radius 3 is 2.18 bits per heavy atom. The maximum absolute atomic E-state index is 12.4. The Morgan fingerprint density at radius 1 is 1.18 bits per heavy atom. The predicted octanol–water partition coefficient (Wildman–Crippen LogP) is 1.82. The highest BCUT2D eigenvalue weighted by Crippen LogP contribution is 2.74. The highest BCUT2D eigenvalue weighted by Gasteiger charge is 2.76. The molecule has 0 radical (unpaired) electrons. The molecule has 22 heavy (non-hydrogen) atoms. The average Bonchev–Trinajstić information content (AvgIpc) is 3.17. The van der Waals surface area contributed by atoms with Crippen LogP contribution in [-0.4, -0.2) is 22.8 Å². The van der Waals surface area contributed by atoms with Gasteiger partial charge in [0.05, 0.1) is 17.2 Å². The molecule has 2 aliphatic carbocycles. The second kappa shape index (κ2) is 3.95. The lowest BCUT2D eigenvalue weighted by molar-refractivity contribution is -0.175. The highest BCUT2D eigenvalue weighted by atomic mass is 16.7. The van der Waals surface area contributed by atoms with Gasteiger partial charge in [-0.3, -0.25) is 9.59 Å². The Balaban J connectivity index is 1.58. The molecule has 1 spiro atoms. The third-order valence-corrected chi connectivity index (χ3v) is 5.16. The first-order valence-electron chi connectivity index (χ1n) is 7.16. The van der Waals surface area contributed by atoms with Gasteiger partial charge in [-0.2, -0.15) is 5.26 Å². The number of carbonyl (C=O) groups is 3. The van der Waals surface area contributed by atoms with Crippen LogP contribution in [0.5, 0.6) is 0 Å². The Kier molecular flexibility index (Phi) is 2.33. The van der Waals surface area contributed by atoms with Crippen molar-refractivity contribution in [1.29, 1.82) is 5.26 Å². The molecule has 6 heteroatoms. The molecule has 0 aromatic heterocycles. The van der Waals surface area contributed by atoms with Crippen LogP contribution in [0.15, 0.2) is 24.3 Å². The highest BCUT2D eigenvalue weighted by molar-refractivity contribution is 6.21. The van der Waals surface area contributed by atoms with Crippen LogP contribution >= 0.6 is 0 Å². The zero-order valence-corrected chi connectivity index (χ0v) is 11.7. The summed E-state index contributed by atoms with van der Waals surface area (Å²) in [4.78, 5) is 41.8. The summed E-state index contributed by atoms with van der Waals surface area (Å²) in [6, 6.07) is 8.33. The van der Waals surface area contributed by atoms with Gasteiger partial charge in [-0.25, -0.2) is 4.79 Å². The molecule has 4 rings (SSSR count). The Morgan fingerprint density at radius 2 is 1.77 bits per heavy atom. The van der Waals surface area contributed by atoms with Gasteiger partial charge >= 0.3 is 5.97 Å². The molecule has 2 fully saturated rings. The number of nitrogens with zero attached hydrogens (tertiary/aromatic N) is 2. The zero-order valence-electron chi connectivity index (χ0n) is 11.7. The molecule has 0 N–H and O–H groups in total. The molecule has 110 valence electrons. The fraction of sp³-hybridized carbons (Fsp3) is 0.375. The van der Waals surface area contributed by atoms with Crippen LogP contribution < -0.4 is 0 Å². The van der Waals surface area contributed by atoms with Crippen LogP contribution in [0.4, 0.5) is 0 Å². The summed E-state index contributed by atoms with van der Waals surface area (Å²) in [6.45, 7) is 0. The molecular formula is C16H12N2O4. The van der Waals surface area contributed by atoms with Crippen molar-refractivity contribution in [3.63, 3.8) is 0 Å². The number of fused-ring (bicyclic) bond motifs is 1. The molecule has 1 unspecified atom stereocenters. The van der Waals surface area contributed by atoms with E-state index in [4.69, 9.17) is 4.84 Å². The zero-order chi connectivity index (χ0) is 15.5. The lowest BCUT2D eigenvalue weighted by Crippen LogP contribution is -2.38. The van der Waals surface area contributed by atoms with E-state index in [0.29, 0.717) is 11.5 Å². The summed E-state index contributed by atoms with van der Waals surface area (Å²) in [5.41, 5.74) is -1.07. The van der Waals surface area contributed by atoms with Gasteiger partial charge in [-0.1, -0.05) is 23.6 Å². The van der Waals surface area contributed by atoms with Crippen molar-refractivity contribution in [3.05, 3.63) is 35.4 Å². The molecule has 0 saturated heterocycles. The maximum Gasteiger partial charge on any atom is 0.353 e. The molecule has 2 saturated carbocycles. The molecule has 3 aliphatic rings. The molecule has 1 aromatic carbocycles. The van der Waals surface area contributed by atoms with Crippen LogP contribution in [0.25, 0.3) is 0 Å². The first-order chi connectivity index (χ1) is 10.5. The monoisotopic (exact) mass is 296 g/mol. The van der Waals surface area contributed by atoms with Crippen molar-refractivity contribution in [2.24, 2.45) is 10.8 Å². The van der Waals surface area contributed by atoms with E-state index < -0.39 is 23.2 Å². The average molecular weight is 296 g/mol. The summed E-state index contributed by atoms with van der Waals surface area (Å²) in [6.07, 6.45) is 3.08. The number of amides is 2. The van der Waals surface area contributed by atoms with E-state index in [9.17, 15) is 19.6 Å². The Labute approximate surface area is 126 Å². The normalized spacial score (nSPS) is 27.1. The van der Waals surface area contributed by atoms with Crippen LogP contribution in [0.3, 0.4) is 0 Å². The smallest absolute Gasteiger partial charge is 0.328 e. The minimum Gasteiger partial charge on any atom is -0.328 e. The summed E-state index contributed by atoms with van der Waals surface area (Å²) >= 11 is 0. The quantitative estimate of drug-likeness (QED) is 0.777. The third-order valence-electron chi connectivity index (χ3n) is 5.16. The minimum absolute atomic E-state index is 0.209. The van der Waals surface area contributed by atoms with Crippen LogP contribution in [-0.2, 0) is 9.63 Å². The molecule has 1 atom stereocenters. The molecular weight excluding hydrogens is 284 g/mol. The fourth-order valence-electron chi connectivity index (χ4n) is 3.57. The third kappa shape index (κ3) is 1.36. The van der Waals surface area contributed by atoms with E-state index in [1.165, 1.54) is 12.1 Å². The molecule has 1 heterocycles. The lowest BCUT2D eigenvalue weighted by atomic mass is 9.75. The Bertz CT molecular complexity index is 740. The van der Waals surface area contributed by atoms with E-state index in [1.54, 1.807) is 12.1 Å². The van der Waals surface area contributed by atoms with Gasteiger partial charge in [0, 0.05) is 5.41 Å². The van der Waals surface area contributed by atoms with Crippen LogP contribution in [0.1, 0.15) is 46.4 Å². The standard InChI is InChI=1S/C16H12N2O4/c17-9-16(8-15(16)6-3-7-15)14(21)22-18-12(19)10-4-1-2-5-11(10)13(18)20/h1-2,4-5H,3,6-8H2. The molecule has 1 aliphatic heterocycles. The lowest BCUT2D eigenvalue weighted by Gasteiger charge is -2.28. The van der Waals surface area contributed by atoms with E-state index in [0.717, 1.165) is 19.3 Å². The van der Waals surface area contributed by atoms with Crippen molar-refractivity contribution >= 4 is 17.8 Å². The largest absolute Gasteiger partial charge is 0.353 e. The van der Waals surface area contributed by atoms with Crippen molar-refractivity contribution in [2.45, 2.75) is 25.7 Å². The number of carbonyl (C=O) groups excluding carboxylic acids is 3. The van der Waals surface area contributed by atoms with Crippen molar-refractivity contribution in [1.82, 2.24) is 5.06 Å². The van der Waals surface area contributed by atoms with Crippen molar-refractivity contribution in [3.8, 4) is 6.07 Å². The molecule has 2 amide bonds. The summed E-state index contributed by atoms with van der Waals surface area (Å²) in [5.74, 6) is -2.11. The first kappa shape index (κ1) is 13.0. The summed E-state index contributed by atoms with van der Waals surface area (Å²) in [5, 5.41) is 9.85. The van der Waals surface area contributed by atoms with Gasteiger partial charge < -0.3 is 4.84 Å². The molecule has 0 bridgehead atoms. The van der Waals surface area contributed by atoms with E-state index in [-0.39, 0.29) is 16.5 Å². The van der Waals surface area contributed by atoms with Gasteiger partial charge in [-0.15, -0.1) is 0 Å². The topological polar surface area (TPSA) is 87.5 Å². The maximum atomic E-state index is 12.4. The second-order valence-corrected chi connectivity index (χ2v) is 6.16. The van der Waals surface area contributed by atoms with E-state index in [1.807, 2.05) is 6.07 Å². The number of rotatable bonds is 2. The summed E-state index contributed by atoms with van der Waals surface area (Å²) in [7, 11) is 0. The fourth-order valence-corrected chi connectivity index (χ4v) is 3.57. The molecule has 1 aromatic rings. The van der Waals surface area contributed by atoms with Gasteiger partial charge in [-0.05, 0) is 31.4 Å². The number of hydrogen-bond donors (Lipinski definition) is 0. The van der Waals surface area contributed by atoms with Crippen LogP contribution in [0, 0.1) is 22.2 Å². The van der Waals surface area contributed by atoms with E-state index >= 15 is 0 Å². The van der Waals surface area contributed by atoms with Gasteiger partial charge in [0.1, 0.15) is 0 Å². The van der Waals surface area contributed by atoms with Crippen molar-refractivity contribution in [2.75, 3.05) is 0 Å². The van der Waals surface area contributed by atoms with Crippen molar-refractivity contribution < 1.29 is 19.2 Å². The number of imide groups is 1. The van der Waals surface area contributed by atoms with Gasteiger partial charge in [0.25, 0.3) is 11.8 Å². The number of nitriles is 1. The Hall–Kier alpha value is -2.68. The van der Waals surface area contributed by atoms with Gasteiger partial charge in [0.2, 0.25) is 0 Å². The second-order valence-electron chi connectivity index (χ2n) is 6.16. The first-order valence-corrected chi connectivity index (χ1v) is 7.16. The van der Waals surface area contributed by atoms with Gasteiger partial charge in [0.15, 0.2) is 5.41 Å². The predicted molar refractivity (Wildman–Crippen MR) is 72.0 cm³/mol. The number of benzene rings is 1.